The molecule has 6 nitrogen and oxygen atoms in total. The minimum absolute atomic E-state index is 0.380. The lowest BCUT2D eigenvalue weighted by atomic mass is 10.1. The summed E-state index contributed by atoms with van der Waals surface area (Å²) < 4.78 is 5.71. The van der Waals surface area contributed by atoms with Gasteiger partial charge in [-0.05, 0) is 48.5 Å². The number of ether oxygens (including phenoxy) is 1. The highest BCUT2D eigenvalue weighted by molar-refractivity contribution is 5.94. The average Bonchev–Trinajstić information content (AvgIpc) is 2.68. The Morgan fingerprint density at radius 3 is 2.27 bits per heavy atom. The molecule has 0 aromatic heterocycles. The number of nitrogens with two attached hydrogens (primary N) is 1. The monoisotopic (exact) mass is 348 g/mol. The van der Waals surface area contributed by atoms with Gasteiger partial charge in [0.1, 0.15) is 17.8 Å². The molecular formula is C20H16N2O4. The Hall–Kier alpha value is -3.80. The van der Waals surface area contributed by atoms with E-state index in [0.717, 1.165) is 0 Å². The summed E-state index contributed by atoms with van der Waals surface area (Å²) in [5.74, 6) is 1.18. The van der Waals surface area contributed by atoms with Gasteiger partial charge in [0, 0.05) is 22.9 Å². The quantitative estimate of drug-likeness (QED) is 0.403. The number of carbonyl (C=O) groups is 2. The van der Waals surface area contributed by atoms with Gasteiger partial charge in [0.25, 0.3) is 5.91 Å². The summed E-state index contributed by atoms with van der Waals surface area (Å²) in [6.45, 7) is 0. The maximum absolute atomic E-state index is 12.1. The Morgan fingerprint density at radius 2 is 1.58 bits per heavy atom. The zero-order chi connectivity index (χ0) is 18.4. The molecule has 3 rings (SSSR count). The number of hydrogen-bond acceptors (Lipinski definition) is 5. The normalized spacial score (nSPS) is 10.0. The van der Waals surface area contributed by atoms with E-state index in [1.807, 2.05) is 0 Å². The number of rotatable bonds is 6. The number of benzene rings is 3. The van der Waals surface area contributed by atoms with Gasteiger partial charge < -0.3 is 15.3 Å². The molecule has 0 aliphatic heterocycles. The molecule has 0 fully saturated rings. The van der Waals surface area contributed by atoms with E-state index in [-0.39, 0.29) is 0 Å². The summed E-state index contributed by atoms with van der Waals surface area (Å²) >= 11 is 0. The highest BCUT2D eigenvalue weighted by Gasteiger charge is 2.07. The Balaban J connectivity index is 1.61. The molecule has 0 saturated carbocycles. The predicted molar refractivity (Wildman–Crippen MR) is 97.3 cm³/mol. The first-order valence-corrected chi connectivity index (χ1v) is 7.80. The van der Waals surface area contributed by atoms with Gasteiger partial charge in [-0.2, -0.15) is 5.48 Å². The maximum Gasteiger partial charge on any atom is 0.283 e. The lowest BCUT2D eigenvalue weighted by Gasteiger charge is -2.10. The Labute approximate surface area is 150 Å². The van der Waals surface area contributed by atoms with Crippen LogP contribution in [0.2, 0.25) is 0 Å². The number of nitrogens with one attached hydrogen (secondary N) is 1. The molecular weight excluding hydrogens is 332 g/mol. The van der Waals surface area contributed by atoms with Crippen LogP contribution >= 0.6 is 0 Å². The number of carbonyl (C=O) groups excluding carboxylic acids is 2. The van der Waals surface area contributed by atoms with Gasteiger partial charge in [-0.25, -0.2) is 0 Å². The molecule has 0 heterocycles. The van der Waals surface area contributed by atoms with Gasteiger partial charge in [0.05, 0.1) is 0 Å². The zero-order valence-corrected chi connectivity index (χ0v) is 13.7. The largest absolute Gasteiger partial charge is 0.457 e. The van der Waals surface area contributed by atoms with E-state index >= 15 is 0 Å². The molecule has 6 heteroatoms. The van der Waals surface area contributed by atoms with Gasteiger partial charge in [-0.1, -0.05) is 18.2 Å². The molecule has 26 heavy (non-hydrogen) atoms. The molecule has 0 radical (unpaired) electrons. The topological polar surface area (TPSA) is 90.7 Å². The first-order chi connectivity index (χ1) is 12.6. The van der Waals surface area contributed by atoms with E-state index in [2.05, 4.69) is 5.48 Å². The minimum Gasteiger partial charge on any atom is -0.457 e. The Bertz CT molecular complexity index is 906. The van der Waals surface area contributed by atoms with Crippen molar-refractivity contribution in [2.24, 2.45) is 0 Å². The van der Waals surface area contributed by atoms with Crippen molar-refractivity contribution in [2.75, 3.05) is 5.73 Å². The Kier molecular flexibility index (Phi) is 5.14. The molecule has 0 atom stereocenters. The van der Waals surface area contributed by atoms with Crippen molar-refractivity contribution in [3.05, 3.63) is 83.9 Å². The maximum atomic E-state index is 12.1. The SMILES string of the molecule is Nc1ccc(Oc2cccc(ONC(=O)c3ccc(C=O)cc3)c2)cc1. The second-order valence-electron chi connectivity index (χ2n) is 5.42. The molecule has 3 aromatic carbocycles. The molecule has 0 aliphatic carbocycles. The van der Waals surface area contributed by atoms with Crippen LogP contribution in [0.4, 0.5) is 5.69 Å². The lowest BCUT2D eigenvalue weighted by molar-refractivity contribution is 0.0759. The van der Waals surface area contributed by atoms with Crippen molar-refractivity contribution >= 4 is 17.9 Å². The van der Waals surface area contributed by atoms with Crippen molar-refractivity contribution in [1.82, 2.24) is 5.48 Å². The summed E-state index contributed by atoms with van der Waals surface area (Å²) in [6, 6.07) is 20.0. The van der Waals surface area contributed by atoms with Crippen molar-refractivity contribution in [3.8, 4) is 17.2 Å². The third-order valence-corrected chi connectivity index (χ3v) is 3.49. The third kappa shape index (κ3) is 4.39. The van der Waals surface area contributed by atoms with Gasteiger partial charge in [0.15, 0.2) is 5.75 Å². The zero-order valence-electron chi connectivity index (χ0n) is 13.7. The van der Waals surface area contributed by atoms with Crippen LogP contribution in [0.15, 0.2) is 72.8 Å². The van der Waals surface area contributed by atoms with Crippen molar-refractivity contribution in [2.45, 2.75) is 0 Å². The predicted octanol–water partition coefficient (Wildman–Crippen LogP) is 3.60. The summed E-state index contributed by atoms with van der Waals surface area (Å²) in [5.41, 5.74) is 9.52. The van der Waals surface area contributed by atoms with Gasteiger partial charge >= 0.3 is 0 Å². The number of anilines is 1. The first-order valence-electron chi connectivity index (χ1n) is 7.80. The average molecular weight is 348 g/mol. The molecule has 0 saturated heterocycles. The number of aldehydes is 1. The van der Waals surface area contributed by atoms with Crippen LogP contribution in [-0.2, 0) is 0 Å². The fourth-order valence-corrected chi connectivity index (χ4v) is 2.15. The van der Waals surface area contributed by atoms with Crippen LogP contribution in [0, 0.1) is 0 Å². The molecule has 0 spiro atoms. The number of hydrogen-bond donors (Lipinski definition) is 2. The fraction of sp³-hybridized carbons (Fsp3) is 0. The van der Waals surface area contributed by atoms with E-state index in [1.54, 1.807) is 72.8 Å². The first kappa shape index (κ1) is 17.0. The van der Waals surface area contributed by atoms with E-state index in [0.29, 0.717) is 40.3 Å². The third-order valence-electron chi connectivity index (χ3n) is 3.49. The molecule has 130 valence electrons. The number of amides is 1. The fourth-order valence-electron chi connectivity index (χ4n) is 2.15. The van der Waals surface area contributed by atoms with Crippen LogP contribution in [0.5, 0.6) is 17.2 Å². The summed E-state index contributed by atoms with van der Waals surface area (Å²) in [6.07, 6.45) is 0.713. The second kappa shape index (κ2) is 7.85. The smallest absolute Gasteiger partial charge is 0.283 e. The van der Waals surface area contributed by atoms with E-state index in [9.17, 15) is 9.59 Å². The lowest BCUT2D eigenvalue weighted by Crippen LogP contribution is -2.26. The molecule has 3 aromatic rings. The molecule has 1 amide bonds. The van der Waals surface area contributed by atoms with Crippen molar-refractivity contribution in [1.29, 1.82) is 0 Å². The minimum atomic E-state index is -0.424. The van der Waals surface area contributed by atoms with Crippen LogP contribution < -0.4 is 20.8 Å². The van der Waals surface area contributed by atoms with E-state index in [1.165, 1.54) is 0 Å². The van der Waals surface area contributed by atoms with Gasteiger partial charge in [-0.3, -0.25) is 9.59 Å². The van der Waals surface area contributed by atoms with Crippen LogP contribution in [0.3, 0.4) is 0 Å². The summed E-state index contributed by atoms with van der Waals surface area (Å²) in [7, 11) is 0. The number of nitrogen functional groups attached to an aromatic ring is 1. The van der Waals surface area contributed by atoms with Crippen molar-refractivity contribution in [3.63, 3.8) is 0 Å². The Morgan fingerprint density at radius 1 is 0.885 bits per heavy atom. The highest BCUT2D eigenvalue weighted by Crippen LogP contribution is 2.25. The van der Waals surface area contributed by atoms with Crippen LogP contribution in [-0.4, -0.2) is 12.2 Å². The summed E-state index contributed by atoms with van der Waals surface area (Å²) in [4.78, 5) is 28.0. The van der Waals surface area contributed by atoms with Crippen LogP contribution in [0.25, 0.3) is 0 Å². The summed E-state index contributed by atoms with van der Waals surface area (Å²) in [5, 5.41) is 0. The van der Waals surface area contributed by atoms with Gasteiger partial charge in [-0.15, -0.1) is 0 Å². The van der Waals surface area contributed by atoms with Crippen LogP contribution in [0.1, 0.15) is 20.7 Å². The molecule has 0 aliphatic rings. The highest BCUT2D eigenvalue weighted by atomic mass is 16.7. The molecule has 0 unspecified atom stereocenters. The van der Waals surface area contributed by atoms with Gasteiger partial charge in [0.2, 0.25) is 0 Å². The standard InChI is InChI=1S/C20H16N2O4/c21-16-8-10-17(11-9-16)25-18-2-1-3-19(12-18)26-22-20(24)15-6-4-14(13-23)5-7-15/h1-13H,21H2,(H,22,24). The van der Waals surface area contributed by atoms with E-state index < -0.39 is 5.91 Å². The number of hydroxylamine groups is 1. The second-order valence-corrected chi connectivity index (χ2v) is 5.42. The molecule has 0 bridgehead atoms. The molecule has 3 N–H and O–H groups in total. The van der Waals surface area contributed by atoms with E-state index in [4.69, 9.17) is 15.3 Å². The van der Waals surface area contributed by atoms with Crippen molar-refractivity contribution < 1.29 is 19.2 Å².